The Balaban J connectivity index is 2.41. The highest BCUT2D eigenvalue weighted by Gasteiger charge is 2.11. The molecule has 0 bridgehead atoms. The lowest BCUT2D eigenvalue weighted by molar-refractivity contribution is 0.110. The van der Waals surface area contributed by atoms with E-state index in [0.29, 0.717) is 0 Å². The highest BCUT2D eigenvalue weighted by molar-refractivity contribution is 5.07. The van der Waals surface area contributed by atoms with Crippen LogP contribution in [0.1, 0.15) is 46.1 Å². The van der Waals surface area contributed by atoms with Crippen LogP contribution >= 0.6 is 0 Å². The van der Waals surface area contributed by atoms with E-state index in [1.165, 1.54) is 0 Å². The van der Waals surface area contributed by atoms with E-state index in [1.54, 1.807) is 0 Å². The standard InChI is InChI=1S/C16H30N2O2/c1-6-18(10-11-19-7-2)13-15-9-8-14(20-15)12-17-16(3,4)5/h8-9,17H,6-7,10-13H2,1-5H3. The number of likely N-dealkylation sites (N-methyl/N-ethyl adjacent to an activating group) is 1. The smallest absolute Gasteiger partial charge is 0.118 e. The molecule has 0 fully saturated rings. The topological polar surface area (TPSA) is 37.6 Å². The molecule has 0 aliphatic carbocycles. The first-order valence-corrected chi connectivity index (χ1v) is 7.57. The lowest BCUT2D eigenvalue weighted by Gasteiger charge is -2.20. The molecule has 0 aromatic carbocycles. The van der Waals surface area contributed by atoms with E-state index in [2.05, 4.69) is 50.0 Å². The van der Waals surface area contributed by atoms with Crippen LogP contribution in [0.3, 0.4) is 0 Å². The van der Waals surface area contributed by atoms with Crippen LogP contribution in [0.25, 0.3) is 0 Å². The van der Waals surface area contributed by atoms with E-state index in [1.807, 2.05) is 6.92 Å². The third kappa shape index (κ3) is 7.08. The third-order valence-electron chi connectivity index (χ3n) is 3.09. The van der Waals surface area contributed by atoms with Crippen molar-refractivity contribution in [2.45, 2.75) is 53.2 Å². The Hall–Kier alpha value is -0.840. The highest BCUT2D eigenvalue weighted by Crippen LogP contribution is 2.12. The molecule has 4 heteroatoms. The first-order chi connectivity index (χ1) is 9.44. The Morgan fingerprint density at radius 2 is 1.90 bits per heavy atom. The number of rotatable bonds is 9. The summed E-state index contributed by atoms with van der Waals surface area (Å²) in [5.74, 6) is 2.02. The van der Waals surface area contributed by atoms with Gasteiger partial charge in [0, 0.05) is 18.7 Å². The van der Waals surface area contributed by atoms with Crippen LogP contribution in [-0.4, -0.2) is 36.7 Å². The summed E-state index contributed by atoms with van der Waals surface area (Å²) >= 11 is 0. The van der Waals surface area contributed by atoms with Crippen molar-refractivity contribution in [3.63, 3.8) is 0 Å². The van der Waals surface area contributed by atoms with Gasteiger partial charge in [-0.2, -0.15) is 0 Å². The largest absolute Gasteiger partial charge is 0.463 e. The number of nitrogens with one attached hydrogen (secondary N) is 1. The summed E-state index contributed by atoms with van der Waals surface area (Å²) in [5.41, 5.74) is 0.111. The second kappa shape index (κ2) is 8.45. The average Bonchev–Trinajstić information content (AvgIpc) is 2.82. The van der Waals surface area contributed by atoms with Gasteiger partial charge >= 0.3 is 0 Å². The van der Waals surface area contributed by atoms with Gasteiger partial charge in [0.1, 0.15) is 11.5 Å². The maximum absolute atomic E-state index is 5.87. The van der Waals surface area contributed by atoms with Gasteiger partial charge in [0.15, 0.2) is 0 Å². The van der Waals surface area contributed by atoms with E-state index in [0.717, 1.165) is 50.9 Å². The minimum Gasteiger partial charge on any atom is -0.463 e. The van der Waals surface area contributed by atoms with Crippen LogP contribution in [0.2, 0.25) is 0 Å². The molecule has 116 valence electrons. The van der Waals surface area contributed by atoms with E-state index in [9.17, 15) is 0 Å². The van der Waals surface area contributed by atoms with Gasteiger partial charge in [-0.05, 0) is 46.4 Å². The van der Waals surface area contributed by atoms with Crippen LogP contribution in [0.15, 0.2) is 16.5 Å². The zero-order valence-electron chi connectivity index (χ0n) is 13.7. The quantitative estimate of drug-likeness (QED) is 0.707. The minimum absolute atomic E-state index is 0.111. The molecule has 0 spiro atoms. The second-order valence-corrected chi connectivity index (χ2v) is 6.04. The lowest BCUT2D eigenvalue weighted by Crippen LogP contribution is -2.34. The van der Waals surface area contributed by atoms with Crippen LogP contribution in [0, 0.1) is 0 Å². The summed E-state index contributed by atoms with van der Waals surface area (Å²) in [6.07, 6.45) is 0. The number of hydrogen-bond acceptors (Lipinski definition) is 4. The molecule has 0 aliphatic rings. The Morgan fingerprint density at radius 3 is 2.50 bits per heavy atom. The molecule has 0 radical (unpaired) electrons. The second-order valence-electron chi connectivity index (χ2n) is 6.04. The van der Waals surface area contributed by atoms with Crippen LogP contribution in [-0.2, 0) is 17.8 Å². The molecule has 1 aromatic rings. The molecule has 1 aromatic heterocycles. The number of hydrogen-bond donors (Lipinski definition) is 1. The molecule has 1 heterocycles. The number of nitrogens with zero attached hydrogens (tertiary/aromatic N) is 1. The van der Waals surface area contributed by atoms with Crippen molar-refractivity contribution < 1.29 is 9.15 Å². The van der Waals surface area contributed by atoms with Gasteiger partial charge in [-0.15, -0.1) is 0 Å². The highest BCUT2D eigenvalue weighted by atomic mass is 16.5. The van der Waals surface area contributed by atoms with Crippen molar-refractivity contribution in [2.75, 3.05) is 26.3 Å². The van der Waals surface area contributed by atoms with Gasteiger partial charge in [0.05, 0.1) is 19.7 Å². The molecule has 0 saturated carbocycles. The lowest BCUT2D eigenvalue weighted by atomic mass is 10.1. The summed E-state index contributed by atoms with van der Waals surface area (Å²) < 4.78 is 11.3. The van der Waals surface area contributed by atoms with E-state index in [-0.39, 0.29) is 5.54 Å². The zero-order valence-corrected chi connectivity index (χ0v) is 13.7. The van der Waals surface area contributed by atoms with Crippen LogP contribution in [0.5, 0.6) is 0 Å². The third-order valence-corrected chi connectivity index (χ3v) is 3.09. The van der Waals surface area contributed by atoms with Crippen molar-refractivity contribution in [1.82, 2.24) is 10.2 Å². The SMILES string of the molecule is CCOCCN(CC)Cc1ccc(CNC(C)(C)C)o1. The van der Waals surface area contributed by atoms with Crippen molar-refractivity contribution in [3.05, 3.63) is 23.7 Å². The van der Waals surface area contributed by atoms with Crippen molar-refractivity contribution >= 4 is 0 Å². The predicted molar refractivity (Wildman–Crippen MR) is 82.7 cm³/mol. The Morgan fingerprint density at radius 1 is 1.20 bits per heavy atom. The molecule has 20 heavy (non-hydrogen) atoms. The van der Waals surface area contributed by atoms with Gasteiger partial charge in [-0.1, -0.05) is 6.92 Å². The van der Waals surface area contributed by atoms with Gasteiger partial charge in [0.25, 0.3) is 0 Å². The molecule has 0 atom stereocenters. The molecule has 1 N–H and O–H groups in total. The van der Waals surface area contributed by atoms with Crippen LogP contribution in [0.4, 0.5) is 0 Å². The maximum Gasteiger partial charge on any atom is 0.118 e. The molecule has 4 nitrogen and oxygen atoms in total. The van der Waals surface area contributed by atoms with E-state index < -0.39 is 0 Å². The van der Waals surface area contributed by atoms with Gasteiger partial charge in [0.2, 0.25) is 0 Å². The molecular formula is C16H30N2O2. The summed E-state index contributed by atoms with van der Waals surface area (Å²) in [4.78, 5) is 2.33. The van der Waals surface area contributed by atoms with Gasteiger partial charge in [-0.25, -0.2) is 0 Å². The van der Waals surface area contributed by atoms with E-state index >= 15 is 0 Å². The fraction of sp³-hybridized carbons (Fsp3) is 0.750. The fourth-order valence-electron chi connectivity index (χ4n) is 1.86. The molecule has 0 saturated heterocycles. The van der Waals surface area contributed by atoms with Crippen LogP contribution < -0.4 is 5.32 Å². The monoisotopic (exact) mass is 282 g/mol. The first kappa shape index (κ1) is 17.2. The van der Waals surface area contributed by atoms with Gasteiger partial charge < -0.3 is 14.5 Å². The summed E-state index contributed by atoms with van der Waals surface area (Å²) in [7, 11) is 0. The zero-order chi connectivity index (χ0) is 15.0. The first-order valence-electron chi connectivity index (χ1n) is 7.57. The fourth-order valence-corrected chi connectivity index (χ4v) is 1.86. The van der Waals surface area contributed by atoms with Gasteiger partial charge in [-0.3, -0.25) is 4.90 Å². The minimum atomic E-state index is 0.111. The molecular weight excluding hydrogens is 252 g/mol. The number of ether oxygens (including phenoxy) is 1. The Kier molecular flexibility index (Phi) is 7.27. The molecule has 0 unspecified atom stereocenters. The molecule has 1 rings (SSSR count). The number of furan rings is 1. The summed E-state index contributed by atoms with van der Waals surface area (Å²) in [6, 6.07) is 4.13. The Labute approximate surface area is 123 Å². The predicted octanol–water partition coefficient (Wildman–Crippen LogP) is 3.03. The normalized spacial score (nSPS) is 12.3. The Bertz CT molecular complexity index is 369. The molecule has 0 aliphatic heterocycles. The van der Waals surface area contributed by atoms with E-state index in [4.69, 9.17) is 9.15 Å². The summed E-state index contributed by atoms with van der Waals surface area (Å²) in [5, 5.41) is 3.43. The van der Waals surface area contributed by atoms with Crippen molar-refractivity contribution in [3.8, 4) is 0 Å². The maximum atomic E-state index is 5.87. The summed E-state index contributed by atoms with van der Waals surface area (Å²) in [6.45, 7) is 15.8. The van der Waals surface area contributed by atoms with Crippen molar-refractivity contribution in [2.24, 2.45) is 0 Å². The molecule has 0 amide bonds. The van der Waals surface area contributed by atoms with Crippen molar-refractivity contribution in [1.29, 1.82) is 0 Å². The average molecular weight is 282 g/mol.